The number of aryl methyl sites for hydroxylation is 4. The number of hydrogen-bond acceptors (Lipinski definition) is 5. The molecule has 0 bridgehead atoms. The number of amides is 1. The molecule has 0 radical (unpaired) electrons. The summed E-state index contributed by atoms with van der Waals surface area (Å²) in [6.07, 6.45) is 0.149. The van der Waals surface area contributed by atoms with E-state index < -0.39 is 0 Å². The minimum atomic E-state index is -0.219. The smallest absolute Gasteiger partial charge is 0.251 e. The second-order valence-corrected chi connectivity index (χ2v) is 6.76. The van der Waals surface area contributed by atoms with E-state index in [4.69, 9.17) is 0 Å². The van der Waals surface area contributed by atoms with Crippen molar-refractivity contribution in [3.63, 3.8) is 0 Å². The Morgan fingerprint density at radius 1 is 1.07 bits per heavy atom. The van der Waals surface area contributed by atoms with Crippen molar-refractivity contribution >= 4 is 11.6 Å². The third kappa shape index (κ3) is 3.97. The van der Waals surface area contributed by atoms with Crippen LogP contribution in [-0.2, 0) is 11.2 Å². The molecule has 3 rings (SSSR count). The maximum atomic E-state index is 12.5. The van der Waals surface area contributed by atoms with Gasteiger partial charge in [-0.25, -0.2) is 14.6 Å². The molecule has 0 unspecified atom stereocenters. The molecule has 7 nitrogen and oxygen atoms in total. The highest BCUT2D eigenvalue weighted by Crippen LogP contribution is 2.24. The molecule has 0 saturated carbocycles. The summed E-state index contributed by atoms with van der Waals surface area (Å²) in [5.41, 5.74) is 5.47. The Kier molecular flexibility index (Phi) is 4.94. The Hall–Kier alpha value is -3.22. The van der Waals surface area contributed by atoms with Gasteiger partial charge in [0, 0.05) is 22.6 Å². The molecule has 2 aromatic heterocycles. The van der Waals surface area contributed by atoms with E-state index in [2.05, 4.69) is 20.4 Å². The van der Waals surface area contributed by atoms with Crippen LogP contribution in [0.1, 0.15) is 33.9 Å². The number of aromatic nitrogens is 4. The van der Waals surface area contributed by atoms with Gasteiger partial charge >= 0.3 is 0 Å². The molecule has 7 heteroatoms. The van der Waals surface area contributed by atoms with Crippen LogP contribution in [0.4, 0.5) is 5.69 Å². The van der Waals surface area contributed by atoms with Crippen molar-refractivity contribution in [1.29, 1.82) is 0 Å². The van der Waals surface area contributed by atoms with Crippen LogP contribution in [-0.4, -0.2) is 30.8 Å². The lowest BCUT2D eigenvalue weighted by atomic mass is 10.1. The van der Waals surface area contributed by atoms with E-state index >= 15 is 0 Å². The maximum absolute atomic E-state index is 12.5. The van der Waals surface area contributed by atoms with Crippen molar-refractivity contribution in [2.45, 2.75) is 41.0 Å². The van der Waals surface area contributed by atoms with Crippen LogP contribution in [0.15, 0.2) is 24.3 Å². The van der Waals surface area contributed by atoms with E-state index in [1.807, 2.05) is 40.7 Å². The summed E-state index contributed by atoms with van der Waals surface area (Å²) in [4.78, 5) is 21.4. The van der Waals surface area contributed by atoms with Gasteiger partial charge in [0.15, 0.2) is 0 Å². The number of aromatic hydroxyl groups is 1. The number of nitrogens with zero attached hydrogens (tertiary/aromatic N) is 4. The third-order valence-electron chi connectivity index (χ3n) is 4.36. The summed E-state index contributed by atoms with van der Waals surface area (Å²) < 4.78 is 1.67. The summed E-state index contributed by atoms with van der Waals surface area (Å²) in [6.45, 7) is 9.48. The predicted octanol–water partition coefficient (Wildman–Crippen LogP) is 3.09. The van der Waals surface area contributed by atoms with Crippen molar-refractivity contribution in [1.82, 2.24) is 19.7 Å². The second-order valence-electron chi connectivity index (χ2n) is 6.76. The number of phenolic OH excluding ortho intramolecular Hbond substituents is 1. The lowest BCUT2D eigenvalue weighted by Gasteiger charge is -2.09. The number of carbonyl (C=O) groups excluding carboxylic acids is 1. The number of rotatable bonds is 4. The average Bonchev–Trinajstić information content (AvgIpc) is 2.85. The fraction of sp³-hybridized carbons (Fsp3) is 0.300. The predicted molar refractivity (Wildman–Crippen MR) is 103 cm³/mol. The van der Waals surface area contributed by atoms with E-state index in [0.29, 0.717) is 11.6 Å². The molecule has 0 aliphatic heterocycles. The Balaban J connectivity index is 1.86. The van der Waals surface area contributed by atoms with E-state index in [-0.39, 0.29) is 18.1 Å². The summed E-state index contributed by atoms with van der Waals surface area (Å²) >= 11 is 0. The molecular formula is C20H23N5O2. The van der Waals surface area contributed by atoms with Crippen molar-refractivity contribution in [2.24, 2.45) is 0 Å². The van der Waals surface area contributed by atoms with E-state index in [9.17, 15) is 9.90 Å². The van der Waals surface area contributed by atoms with Crippen LogP contribution in [0.3, 0.4) is 0 Å². The van der Waals surface area contributed by atoms with Gasteiger partial charge in [-0.2, -0.15) is 5.10 Å². The molecule has 0 fully saturated rings. The van der Waals surface area contributed by atoms with Crippen LogP contribution >= 0.6 is 0 Å². The third-order valence-corrected chi connectivity index (χ3v) is 4.36. The largest absolute Gasteiger partial charge is 0.506 e. The number of benzene rings is 1. The molecule has 0 saturated heterocycles. The van der Waals surface area contributed by atoms with Crippen LogP contribution in [0, 0.1) is 34.6 Å². The molecule has 0 aliphatic rings. The fourth-order valence-electron chi connectivity index (χ4n) is 3.03. The van der Waals surface area contributed by atoms with Gasteiger partial charge in [0.2, 0.25) is 5.91 Å². The van der Waals surface area contributed by atoms with Gasteiger partial charge in [0.25, 0.3) is 5.95 Å². The molecule has 2 heterocycles. The van der Waals surface area contributed by atoms with Crippen LogP contribution < -0.4 is 5.32 Å². The normalized spacial score (nSPS) is 10.9. The molecule has 1 aromatic carbocycles. The molecule has 1 amide bonds. The minimum Gasteiger partial charge on any atom is -0.506 e. The number of hydrogen-bond donors (Lipinski definition) is 2. The molecule has 27 heavy (non-hydrogen) atoms. The molecular weight excluding hydrogens is 342 g/mol. The van der Waals surface area contributed by atoms with Gasteiger partial charge < -0.3 is 10.4 Å². The first-order chi connectivity index (χ1) is 12.7. The first-order valence-corrected chi connectivity index (χ1v) is 8.72. The number of phenols is 1. The van der Waals surface area contributed by atoms with Crippen molar-refractivity contribution in [3.8, 4) is 11.7 Å². The highest BCUT2D eigenvalue weighted by Gasteiger charge is 2.18. The number of anilines is 1. The topological polar surface area (TPSA) is 92.9 Å². The van der Waals surface area contributed by atoms with Gasteiger partial charge in [-0.15, -0.1) is 0 Å². The lowest BCUT2D eigenvalue weighted by Crippen LogP contribution is -2.15. The SMILES string of the molecule is Cc1ccc(O)c(NC(=O)Cc2c(C)nn(-c3nc(C)cc(C)n3)c2C)c1. The van der Waals surface area contributed by atoms with Crippen molar-refractivity contribution in [3.05, 3.63) is 58.2 Å². The summed E-state index contributed by atoms with van der Waals surface area (Å²) in [6, 6.07) is 6.99. The second kappa shape index (κ2) is 7.19. The first-order valence-electron chi connectivity index (χ1n) is 8.72. The summed E-state index contributed by atoms with van der Waals surface area (Å²) in [7, 11) is 0. The number of carbonyl (C=O) groups is 1. The minimum absolute atomic E-state index is 0.0433. The van der Waals surface area contributed by atoms with Crippen molar-refractivity contribution in [2.75, 3.05) is 5.32 Å². The lowest BCUT2D eigenvalue weighted by molar-refractivity contribution is -0.115. The highest BCUT2D eigenvalue weighted by molar-refractivity contribution is 5.94. The van der Waals surface area contributed by atoms with Gasteiger partial charge in [-0.1, -0.05) is 6.07 Å². The standard InChI is InChI=1S/C20H23N5O2/c1-11-6-7-18(26)17(8-11)23-19(27)10-16-14(4)24-25(15(16)5)20-21-12(2)9-13(3)22-20/h6-9,26H,10H2,1-5H3,(H,23,27). The Morgan fingerprint density at radius 3 is 2.41 bits per heavy atom. The Morgan fingerprint density at radius 2 is 1.74 bits per heavy atom. The van der Waals surface area contributed by atoms with Crippen LogP contribution in [0.5, 0.6) is 5.75 Å². The van der Waals surface area contributed by atoms with Gasteiger partial charge in [0.05, 0.1) is 17.8 Å². The van der Waals surface area contributed by atoms with Gasteiger partial charge in [-0.05, 0) is 58.4 Å². The van der Waals surface area contributed by atoms with E-state index in [0.717, 1.165) is 33.9 Å². The van der Waals surface area contributed by atoms with Crippen LogP contribution in [0.25, 0.3) is 5.95 Å². The van der Waals surface area contributed by atoms with Gasteiger partial charge in [0.1, 0.15) is 5.75 Å². The average molecular weight is 365 g/mol. The molecule has 2 N–H and O–H groups in total. The van der Waals surface area contributed by atoms with E-state index in [1.54, 1.807) is 22.9 Å². The zero-order chi connectivity index (χ0) is 19.7. The van der Waals surface area contributed by atoms with E-state index in [1.165, 1.54) is 0 Å². The molecule has 3 aromatic rings. The quantitative estimate of drug-likeness (QED) is 0.693. The first kappa shape index (κ1) is 18.6. The van der Waals surface area contributed by atoms with Crippen molar-refractivity contribution < 1.29 is 9.90 Å². The Bertz CT molecular complexity index is 1000. The molecule has 140 valence electrons. The van der Waals surface area contributed by atoms with Gasteiger partial charge in [-0.3, -0.25) is 4.79 Å². The maximum Gasteiger partial charge on any atom is 0.251 e. The van der Waals surface area contributed by atoms with Crippen LogP contribution in [0.2, 0.25) is 0 Å². The fourth-order valence-corrected chi connectivity index (χ4v) is 3.03. The number of nitrogens with one attached hydrogen (secondary N) is 1. The summed E-state index contributed by atoms with van der Waals surface area (Å²) in [5.74, 6) is 0.320. The Labute approximate surface area is 158 Å². The molecule has 0 spiro atoms. The monoisotopic (exact) mass is 365 g/mol. The molecule has 0 atom stereocenters. The highest BCUT2D eigenvalue weighted by atomic mass is 16.3. The zero-order valence-corrected chi connectivity index (χ0v) is 16.2. The molecule has 0 aliphatic carbocycles. The summed E-state index contributed by atoms with van der Waals surface area (Å²) in [5, 5.41) is 17.2. The zero-order valence-electron chi connectivity index (χ0n) is 16.2.